The molecule has 1 saturated carbocycles. The van der Waals surface area contributed by atoms with Crippen LogP contribution in [0.4, 0.5) is 0 Å². The van der Waals surface area contributed by atoms with Crippen LogP contribution in [0.5, 0.6) is 0 Å². The van der Waals surface area contributed by atoms with Crippen LogP contribution in [0, 0.1) is 5.92 Å². The molecule has 1 rings (SSSR count). The molecule has 0 aliphatic heterocycles. The highest BCUT2D eigenvalue weighted by atomic mass is 35.5. The van der Waals surface area contributed by atoms with Crippen molar-refractivity contribution in [2.24, 2.45) is 11.8 Å². The summed E-state index contributed by atoms with van der Waals surface area (Å²) in [4.78, 5) is 0. The number of nitrogens with one attached hydrogen (secondary N) is 1. The fourth-order valence-corrected chi connectivity index (χ4v) is 1.59. The lowest BCUT2D eigenvalue weighted by Crippen LogP contribution is -2.24. The van der Waals surface area contributed by atoms with Gasteiger partial charge >= 0.3 is 0 Å². The second kappa shape index (κ2) is 8.60. The molecule has 0 heterocycles. The number of rotatable bonds is 3. The van der Waals surface area contributed by atoms with Gasteiger partial charge in [-0.2, -0.15) is 0 Å². The predicted octanol–water partition coefficient (Wildman–Crippen LogP) is 1.87. The molecule has 1 fully saturated rings. The first-order chi connectivity index (χ1) is 4.43. The third-order valence-corrected chi connectivity index (χ3v) is 2.17. The van der Waals surface area contributed by atoms with E-state index in [1.54, 1.807) is 0 Å². The topological polar surface area (TPSA) is 38.0 Å². The Morgan fingerprint density at radius 2 is 1.73 bits per heavy atom. The molecule has 1 aliphatic carbocycles. The molecule has 0 radical (unpaired) electrons. The number of nitrogens with two attached hydrogens (primary N) is 1. The van der Waals surface area contributed by atoms with Gasteiger partial charge in [-0.1, -0.05) is 25.7 Å². The Hall–Kier alpha value is 0.500. The third-order valence-electron chi connectivity index (χ3n) is 2.17. The fraction of sp³-hybridized carbons (Fsp3) is 1.00. The van der Waals surface area contributed by atoms with Gasteiger partial charge in [0.2, 0.25) is 0 Å². The van der Waals surface area contributed by atoms with E-state index in [1.807, 2.05) is 0 Å². The molecule has 0 aromatic heterocycles. The summed E-state index contributed by atoms with van der Waals surface area (Å²) in [6.45, 7) is 0.991. The lowest BCUT2D eigenvalue weighted by molar-refractivity contribution is 0.482. The molecule has 4 heteroatoms. The lowest BCUT2D eigenvalue weighted by atomic mass is 10.1. The van der Waals surface area contributed by atoms with E-state index in [4.69, 9.17) is 5.84 Å². The van der Waals surface area contributed by atoms with Crippen LogP contribution >= 0.6 is 24.8 Å². The molecule has 70 valence electrons. The Kier molecular flexibility index (Phi) is 11.0. The summed E-state index contributed by atoms with van der Waals surface area (Å²) in [6, 6.07) is 0. The summed E-state index contributed by atoms with van der Waals surface area (Å²) in [5.41, 5.74) is 2.69. The van der Waals surface area contributed by atoms with Crippen LogP contribution < -0.4 is 11.3 Å². The third kappa shape index (κ3) is 5.74. The van der Waals surface area contributed by atoms with Gasteiger partial charge in [0.1, 0.15) is 0 Å². The largest absolute Gasteiger partial charge is 0.271 e. The highest BCUT2D eigenvalue weighted by molar-refractivity contribution is 5.85. The van der Waals surface area contributed by atoms with Gasteiger partial charge in [0.05, 0.1) is 0 Å². The van der Waals surface area contributed by atoms with Crippen LogP contribution in [0.2, 0.25) is 0 Å². The second-order valence-electron chi connectivity index (χ2n) is 2.89. The molecule has 11 heavy (non-hydrogen) atoms. The van der Waals surface area contributed by atoms with Crippen molar-refractivity contribution in [3.63, 3.8) is 0 Å². The summed E-state index contributed by atoms with van der Waals surface area (Å²) < 4.78 is 0. The van der Waals surface area contributed by atoms with Crippen LogP contribution in [0.1, 0.15) is 32.1 Å². The van der Waals surface area contributed by atoms with E-state index < -0.39 is 0 Å². The van der Waals surface area contributed by atoms with E-state index in [-0.39, 0.29) is 24.8 Å². The SMILES string of the molecule is Cl.Cl.NNCCC1CCCC1. The van der Waals surface area contributed by atoms with Gasteiger partial charge in [-0.05, 0) is 12.3 Å². The maximum atomic E-state index is 5.16. The zero-order valence-electron chi connectivity index (χ0n) is 6.71. The minimum atomic E-state index is 0. The van der Waals surface area contributed by atoms with Gasteiger partial charge in [0.15, 0.2) is 0 Å². The molecular formula is C7H18Cl2N2. The van der Waals surface area contributed by atoms with Gasteiger partial charge in [-0.15, -0.1) is 24.8 Å². The quantitative estimate of drug-likeness (QED) is 0.540. The first kappa shape index (κ1) is 14.0. The molecule has 1 aliphatic rings. The number of halogens is 2. The van der Waals surface area contributed by atoms with Crippen LogP contribution in [0.25, 0.3) is 0 Å². The zero-order valence-corrected chi connectivity index (χ0v) is 8.35. The van der Waals surface area contributed by atoms with Gasteiger partial charge < -0.3 is 0 Å². The van der Waals surface area contributed by atoms with Crippen molar-refractivity contribution < 1.29 is 0 Å². The molecule has 0 atom stereocenters. The normalized spacial score (nSPS) is 17.2. The van der Waals surface area contributed by atoms with Crippen molar-refractivity contribution >= 4 is 24.8 Å². The van der Waals surface area contributed by atoms with E-state index in [1.165, 1.54) is 32.1 Å². The van der Waals surface area contributed by atoms with Crippen LogP contribution in [0.15, 0.2) is 0 Å². The van der Waals surface area contributed by atoms with E-state index in [9.17, 15) is 0 Å². The van der Waals surface area contributed by atoms with E-state index >= 15 is 0 Å². The summed E-state index contributed by atoms with van der Waals surface area (Å²) in [6.07, 6.45) is 7.02. The Morgan fingerprint density at radius 3 is 2.18 bits per heavy atom. The van der Waals surface area contributed by atoms with E-state index in [0.29, 0.717) is 0 Å². The molecule has 0 bridgehead atoms. The summed E-state index contributed by atoms with van der Waals surface area (Å²) in [5.74, 6) is 6.13. The van der Waals surface area contributed by atoms with Crippen molar-refractivity contribution in [1.82, 2.24) is 5.43 Å². The van der Waals surface area contributed by atoms with E-state index in [2.05, 4.69) is 5.43 Å². The van der Waals surface area contributed by atoms with Gasteiger partial charge in [-0.3, -0.25) is 11.3 Å². The van der Waals surface area contributed by atoms with Crippen molar-refractivity contribution in [3.05, 3.63) is 0 Å². The van der Waals surface area contributed by atoms with Crippen LogP contribution in [0.3, 0.4) is 0 Å². The van der Waals surface area contributed by atoms with E-state index in [0.717, 1.165) is 12.5 Å². The molecule has 0 amide bonds. The Bertz CT molecular complexity index is 74.8. The molecule has 0 unspecified atom stereocenters. The summed E-state index contributed by atoms with van der Waals surface area (Å²) in [5, 5.41) is 0. The highest BCUT2D eigenvalue weighted by Gasteiger charge is 2.13. The second-order valence-corrected chi connectivity index (χ2v) is 2.89. The Morgan fingerprint density at radius 1 is 1.18 bits per heavy atom. The number of hydrazine groups is 1. The standard InChI is InChI=1S/C7H16N2.2ClH/c8-9-6-5-7-3-1-2-4-7;;/h7,9H,1-6,8H2;2*1H. The maximum Gasteiger partial charge on any atom is 0.01000 e. The Balaban J connectivity index is 0. The number of hydrogen-bond donors (Lipinski definition) is 2. The van der Waals surface area contributed by atoms with Crippen molar-refractivity contribution in [3.8, 4) is 0 Å². The van der Waals surface area contributed by atoms with Crippen LogP contribution in [-0.4, -0.2) is 6.54 Å². The van der Waals surface area contributed by atoms with Gasteiger partial charge in [-0.25, -0.2) is 0 Å². The number of hydrogen-bond acceptors (Lipinski definition) is 2. The summed E-state index contributed by atoms with van der Waals surface area (Å²) >= 11 is 0. The maximum absolute atomic E-state index is 5.16. The first-order valence-corrected chi connectivity index (χ1v) is 3.87. The predicted molar refractivity (Wildman–Crippen MR) is 53.3 cm³/mol. The average molecular weight is 201 g/mol. The van der Waals surface area contributed by atoms with Crippen molar-refractivity contribution in [2.75, 3.05) is 6.54 Å². The highest BCUT2D eigenvalue weighted by Crippen LogP contribution is 2.26. The molecule has 0 aromatic carbocycles. The van der Waals surface area contributed by atoms with Crippen LogP contribution in [-0.2, 0) is 0 Å². The van der Waals surface area contributed by atoms with Gasteiger partial charge in [0, 0.05) is 6.54 Å². The molecule has 3 N–H and O–H groups in total. The molecule has 0 aromatic rings. The Labute approximate surface area is 81.1 Å². The smallest absolute Gasteiger partial charge is 0.01000 e. The minimum Gasteiger partial charge on any atom is -0.271 e. The van der Waals surface area contributed by atoms with Crippen molar-refractivity contribution in [2.45, 2.75) is 32.1 Å². The van der Waals surface area contributed by atoms with Crippen molar-refractivity contribution in [1.29, 1.82) is 0 Å². The van der Waals surface area contributed by atoms with Gasteiger partial charge in [0.25, 0.3) is 0 Å². The molecule has 0 spiro atoms. The lowest BCUT2D eigenvalue weighted by Gasteiger charge is -2.05. The molecular weight excluding hydrogens is 183 g/mol. The minimum absolute atomic E-state index is 0. The monoisotopic (exact) mass is 200 g/mol. The average Bonchev–Trinajstić information content (AvgIpc) is 2.34. The zero-order chi connectivity index (χ0) is 6.53. The first-order valence-electron chi connectivity index (χ1n) is 3.87. The summed E-state index contributed by atoms with van der Waals surface area (Å²) in [7, 11) is 0. The fourth-order valence-electron chi connectivity index (χ4n) is 1.59. The molecule has 0 saturated heterocycles. The molecule has 2 nitrogen and oxygen atoms in total.